The largest absolute Gasteiger partial charge is 0.350 e. The van der Waals surface area contributed by atoms with Crippen molar-refractivity contribution in [1.29, 1.82) is 0 Å². The highest BCUT2D eigenvalue weighted by Gasteiger charge is 2.10. The molecule has 0 atom stereocenters. The molecule has 1 saturated heterocycles. The van der Waals surface area contributed by atoms with Crippen molar-refractivity contribution in [1.82, 2.24) is 15.5 Å². The minimum Gasteiger partial charge on any atom is -0.350 e. The molecule has 0 spiro atoms. The SMILES string of the molecule is CCCCCCCCCCCCCCCCCCN1CNC(=S)NC1. The van der Waals surface area contributed by atoms with Gasteiger partial charge in [0.05, 0.1) is 13.3 Å². The molecule has 0 unspecified atom stereocenters. The topological polar surface area (TPSA) is 27.3 Å². The Labute approximate surface area is 162 Å². The minimum atomic E-state index is 0.795. The first kappa shape index (κ1) is 22.7. The van der Waals surface area contributed by atoms with Crippen LogP contribution >= 0.6 is 12.2 Å². The van der Waals surface area contributed by atoms with E-state index in [2.05, 4.69) is 22.5 Å². The normalized spacial score (nSPS) is 15.2. The molecular weight excluding hydrogens is 326 g/mol. The van der Waals surface area contributed by atoms with E-state index in [4.69, 9.17) is 12.2 Å². The molecule has 0 aliphatic carbocycles. The van der Waals surface area contributed by atoms with Gasteiger partial charge in [0.15, 0.2) is 5.11 Å². The number of hydrogen-bond acceptors (Lipinski definition) is 2. The van der Waals surface area contributed by atoms with Crippen LogP contribution in [0.15, 0.2) is 0 Å². The fourth-order valence-electron chi connectivity index (χ4n) is 3.53. The van der Waals surface area contributed by atoms with E-state index in [-0.39, 0.29) is 0 Å². The fraction of sp³-hybridized carbons (Fsp3) is 0.952. The summed E-state index contributed by atoms with van der Waals surface area (Å²) in [7, 11) is 0. The molecule has 1 rings (SSSR count). The van der Waals surface area contributed by atoms with E-state index < -0.39 is 0 Å². The first-order valence-corrected chi connectivity index (χ1v) is 11.5. The Bertz CT molecular complexity index is 300. The first-order valence-electron chi connectivity index (χ1n) is 11.1. The second-order valence-electron chi connectivity index (χ2n) is 7.70. The molecule has 2 N–H and O–H groups in total. The predicted octanol–water partition coefficient (Wildman–Crippen LogP) is 5.94. The van der Waals surface area contributed by atoms with Crippen molar-refractivity contribution in [2.45, 2.75) is 110 Å². The molecule has 148 valence electrons. The van der Waals surface area contributed by atoms with Crippen LogP contribution in [0.2, 0.25) is 0 Å². The van der Waals surface area contributed by atoms with Crippen LogP contribution in [0.25, 0.3) is 0 Å². The predicted molar refractivity (Wildman–Crippen MR) is 115 cm³/mol. The van der Waals surface area contributed by atoms with Gasteiger partial charge in [-0.1, -0.05) is 103 Å². The van der Waals surface area contributed by atoms with Gasteiger partial charge in [-0.15, -0.1) is 0 Å². The zero-order valence-electron chi connectivity index (χ0n) is 16.8. The summed E-state index contributed by atoms with van der Waals surface area (Å²) < 4.78 is 0. The van der Waals surface area contributed by atoms with Crippen LogP contribution in [0.1, 0.15) is 110 Å². The average Bonchev–Trinajstić information content (AvgIpc) is 2.63. The minimum absolute atomic E-state index is 0.795. The summed E-state index contributed by atoms with van der Waals surface area (Å²) in [5.41, 5.74) is 0. The summed E-state index contributed by atoms with van der Waals surface area (Å²) in [6.45, 7) is 5.29. The van der Waals surface area contributed by atoms with Gasteiger partial charge >= 0.3 is 0 Å². The number of hydrogen-bond donors (Lipinski definition) is 2. The molecule has 0 bridgehead atoms. The van der Waals surface area contributed by atoms with Gasteiger partial charge < -0.3 is 10.6 Å². The van der Waals surface area contributed by atoms with Crippen molar-refractivity contribution in [3.05, 3.63) is 0 Å². The van der Waals surface area contributed by atoms with Crippen LogP contribution in [-0.2, 0) is 0 Å². The smallest absolute Gasteiger partial charge is 0.168 e. The van der Waals surface area contributed by atoms with E-state index in [9.17, 15) is 0 Å². The zero-order valence-corrected chi connectivity index (χ0v) is 17.6. The van der Waals surface area contributed by atoms with E-state index in [1.165, 1.54) is 109 Å². The maximum Gasteiger partial charge on any atom is 0.168 e. The molecule has 0 amide bonds. The lowest BCUT2D eigenvalue weighted by atomic mass is 10.0. The molecule has 0 aromatic rings. The standard InChI is InChI=1S/C21H43N3S/c1-2-3-4-5-6-7-8-9-10-11-12-13-14-15-16-17-18-24-19-22-21(25)23-20-24/h2-20H2,1H3,(H2,22,23,25). The quantitative estimate of drug-likeness (QED) is 0.245. The van der Waals surface area contributed by atoms with Gasteiger partial charge in [0, 0.05) is 6.54 Å². The average molecular weight is 370 g/mol. The molecule has 0 saturated carbocycles. The third-order valence-electron chi connectivity index (χ3n) is 5.25. The Hall–Kier alpha value is -0.350. The van der Waals surface area contributed by atoms with Gasteiger partial charge in [0.1, 0.15) is 0 Å². The molecule has 3 nitrogen and oxygen atoms in total. The summed E-state index contributed by atoms with van der Waals surface area (Å²) >= 11 is 5.06. The van der Waals surface area contributed by atoms with E-state index >= 15 is 0 Å². The van der Waals surface area contributed by atoms with Gasteiger partial charge in [-0.3, -0.25) is 4.90 Å². The number of nitrogens with one attached hydrogen (secondary N) is 2. The fourth-order valence-corrected chi connectivity index (χ4v) is 3.66. The van der Waals surface area contributed by atoms with Crippen molar-refractivity contribution in [2.75, 3.05) is 19.9 Å². The van der Waals surface area contributed by atoms with Crippen LogP contribution in [0.3, 0.4) is 0 Å². The second kappa shape index (κ2) is 17.1. The van der Waals surface area contributed by atoms with Crippen LogP contribution in [0, 0.1) is 0 Å². The molecule has 1 heterocycles. The van der Waals surface area contributed by atoms with Gasteiger partial charge in [0.2, 0.25) is 0 Å². The Morgan fingerprint density at radius 3 is 1.40 bits per heavy atom. The lowest BCUT2D eigenvalue weighted by Gasteiger charge is -2.29. The molecule has 4 heteroatoms. The second-order valence-corrected chi connectivity index (χ2v) is 8.10. The Morgan fingerprint density at radius 2 is 1.00 bits per heavy atom. The summed E-state index contributed by atoms with van der Waals surface area (Å²) in [5, 5.41) is 7.16. The molecule has 1 aliphatic rings. The molecule has 0 radical (unpaired) electrons. The monoisotopic (exact) mass is 369 g/mol. The van der Waals surface area contributed by atoms with Crippen molar-refractivity contribution >= 4 is 17.3 Å². The van der Waals surface area contributed by atoms with E-state index in [0.717, 1.165) is 18.4 Å². The van der Waals surface area contributed by atoms with E-state index in [1.807, 2.05) is 0 Å². The molecule has 1 aliphatic heterocycles. The zero-order chi connectivity index (χ0) is 18.0. The first-order chi connectivity index (χ1) is 12.3. The summed E-state index contributed by atoms with van der Waals surface area (Å²) in [6, 6.07) is 0. The number of nitrogens with zero attached hydrogens (tertiary/aromatic N) is 1. The molecule has 0 aromatic heterocycles. The molecular formula is C21H43N3S. The lowest BCUT2D eigenvalue weighted by molar-refractivity contribution is 0.239. The van der Waals surface area contributed by atoms with Gasteiger partial charge in [-0.05, 0) is 18.6 Å². The van der Waals surface area contributed by atoms with Crippen molar-refractivity contribution < 1.29 is 0 Å². The van der Waals surface area contributed by atoms with Crippen molar-refractivity contribution in [3.63, 3.8) is 0 Å². The maximum absolute atomic E-state index is 5.06. The number of rotatable bonds is 17. The van der Waals surface area contributed by atoms with E-state index in [1.54, 1.807) is 0 Å². The summed E-state index contributed by atoms with van der Waals surface area (Å²) in [5.74, 6) is 0. The maximum atomic E-state index is 5.06. The molecule has 0 aromatic carbocycles. The van der Waals surface area contributed by atoms with Crippen molar-refractivity contribution in [2.24, 2.45) is 0 Å². The van der Waals surface area contributed by atoms with E-state index in [0.29, 0.717) is 0 Å². The lowest BCUT2D eigenvalue weighted by Crippen LogP contribution is -2.53. The third kappa shape index (κ3) is 14.5. The van der Waals surface area contributed by atoms with Gasteiger partial charge in [0.25, 0.3) is 0 Å². The third-order valence-corrected chi connectivity index (χ3v) is 5.54. The molecule has 1 fully saturated rings. The number of unbranched alkanes of at least 4 members (excludes halogenated alkanes) is 15. The van der Waals surface area contributed by atoms with Crippen LogP contribution < -0.4 is 10.6 Å². The van der Waals surface area contributed by atoms with Crippen LogP contribution in [-0.4, -0.2) is 29.9 Å². The van der Waals surface area contributed by atoms with Crippen molar-refractivity contribution in [3.8, 4) is 0 Å². The van der Waals surface area contributed by atoms with Crippen LogP contribution in [0.5, 0.6) is 0 Å². The Balaban J connectivity index is 1.69. The highest BCUT2D eigenvalue weighted by atomic mass is 32.1. The van der Waals surface area contributed by atoms with Gasteiger partial charge in [-0.25, -0.2) is 0 Å². The summed E-state index contributed by atoms with van der Waals surface area (Å²) in [4.78, 5) is 2.39. The highest BCUT2D eigenvalue weighted by molar-refractivity contribution is 7.80. The Morgan fingerprint density at radius 1 is 0.640 bits per heavy atom. The number of thiocarbonyl (C=S) groups is 1. The highest BCUT2D eigenvalue weighted by Crippen LogP contribution is 2.13. The molecule has 25 heavy (non-hydrogen) atoms. The van der Waals surface area contributed by atoms with Gasteiger partial charge in [-0.2, -0.15) is 0 Å². The van der Waals surface area contributed by atoms with Crippen LogP contribution in [0.4, 0.5) is 0 Å². The Kier molecular flexibility index (Phi) is 15.5. The summed E-state index contributed by atoms with van der Waals surface area (Å²) in [6.07, 6.45) is 22.9.